The minimum Gasteiger partial charge on any atom is -0.520 e. The van der Waals surface area contributed by atoms with Crippen LogP contribution in [0.1, 0.15) is 12.5 Å². The molecular formula is C10H13O3W-. The molecule has 0 fully saturated rings. The number of ether oxygens (including phenoxy) is 1. The molecule has 0 aromatic heterocycles. The molecule has 14 heavy (non-hydrogen) atoms. The maximum Gasteiger partial charge on any atom is 0.0840 e. The molecule has 0 aliphatic rings. The van der Waals surface area contributed by atoms with Gasteiger partial charge in [0.1, 0.15) is 0 Å². The Morgan fingerprint density at radius 1 is 1.50 bits per heavy atom. The summed E-state index contributed by atoms with van der Waals surface area (Å²) >= 11 is 0. The summed E-state index contributed by atoms with van der Waals surface area (Å²) < 4.78 is 5.27. The van der Waals surface area contributed by atoms with E-state index in [4.69, 9.17) is 9.99 Å². The van der Waals surface area contributed by atoms with Crippen LogP contribution in [0.2, 0.25) is 0 Å². The summed E-state index contributed by atoms with van der Waals surface area (Å²) in [6.45, 7) is 2.86. The second-order valence-corrected chi connectivity index (χ2v) is 2.58. The van der Waals surface area contributed by atoms with Gasteiger partial charge in [0.05, 0.1) is 13.2 Å². The van der Waals surface area contributed by atoms with E-state index in [1.54, 1.807) is 6.07 Å². The van der Waals surface area contributed by atoms with Crippen LogP contribution >= 0.6 is 0 Å². The van der Waals surface area contributed by atoms with Crippen molar-refractivity contribution in [1.29, 1.82) is 0 Å². The molecule has 0 amide bonds. The Balaban J connectivity index is 0.00000169. The van der Waals surface area contributed by atoms with Crippen LogP contribution in [0.3, 0.4) is 0 Å². The summed E-state index contributed by atoms with van der Waals surface area (Å²) in [5.41, 5.74) is 1.07. The van der Waals surface area contributed by atoms with E-state index in [0.29, 0.717) is 19.6 Å². The zero-order valence-electron chi connectivity index (χ0n) is 8.03. The minimum atomic E-state index is 0. The van der Waals surface area contributed by atoms with Crippen LogP contribution in [0.15, 0.2) is 18.2 Å². The van der Waals surface area contributed by atoms with E-state index in [-0.39, 0.29) is 21.1 Å². The van der Waals surface area contributed by atoms with Crippen LogP contribution in [-0.4, -0.2) is 18.5 Å². The molecule has 1 aromatic carbocycles. The Kier molecular flexibility index (Phi) is 7.77. The SMILES string of the molecule is CCOc1[c-]ccc(CCOO)c1.[W]. The summed E-state index contributed by atoms with van der Waals surface area (Å²) in [5.74, 6) is 0.734. The normalized spacial score (nSPS) is 9.29. The first-order valence-corrected chi connectivity index (χ1v) is 4.26. The summed E-state index contributed by atoms with van der Waals surface area (Å²) in [5, 5.41) is 8.16. The van der Waals surface area contributed by atoms with Gasteiger partial charge in [0.2, 0.25) is 0 Å². The molecule has 0 aliphatic heterocycles. The van der Waals surface area contributed by atoms with Crippen molar-refractivity contribution in [3.8, 4) is 5.75 Å². The van der Waals surface area contributed by atoms with Crippen LogP contribution in [0.5, 0.6) is 5.75 Å². The first-order chi connectivity index (χ1) is 6.36. The molecule has 0 aliphatic carbocycles. The fourth-order valence-electron chi connectivity index (χ4n) is 1.05. The molecule has 0 saturated carbocycles. The minimum absolute atomic E-state index is 0. The van der Waals surface area contributed by atoms with Crippen LogP contribution in [-0.2, 0) is 32.4 Å². The Hall–Kier alpha value is -0.372. The second kappa shape index (κ2) is 7.98. The average Bonchev–Trinajstić information content (AvgIpc) is 2.16. The van der Waals surface area contributed by atoms with E-state index in [0.717, 1.165) is 11.3 Å². The predicted molar refractivity (Wildman–Crippen MR) is 48.7 cm³/mol. The monoisotopic (exact) mass is 365 g/mol. The van der Waals surface area contributed by atoms with E-state index in [1.165, 1.54) is 0 Å². The van der Waals surface area contributed by atoms with Crippen molar-refractivity contribution in [1.82, 2.24) is 0 Å². The average molecular weight is 365 g/mol. The van der Waals surface area contributed by atoms with Crippen molar-refractivity contribution < 1.29 is 35.9 Å². The summed E-state index contributed by atoms with van der Waals surface area (Å²) in [6, 6.07) is 8.57. The molecule has 1 aromatic rings. The van der Waals surface area contributed by atoms with Crippen molar-refractivity contribution in [2.75, 3.05) is 13.2 Å². The third kappa shape index (κ3) is 4.75. The number of benzene rings is 1. The zero-order chi connectivity index (χ0) is 9.52. The van der Waals surface area contributed by atoms with E-state index in [1.807, 2.05) is 19.1 Å². The van der Waals surface area contributed by atoms with Crippen molar-refractivity contribution in [2.24, 2.45) is 0 Å². The largest absolute Gasteiger partial charge is 0.520 e. The Bertz CT molecular complexity index is 253. The molecule has 0 unspecified atom stereocenters. The smallest absolute Gasteiger partial charge is 0.0840 e. The fraction of sp³-hybridized carbons (Fsp3) is 0.400. The van der Waals surface area contributed by atoms with Gasteiger partial charge in [-0.25, -0.2) is 4.89 Å². The summed E-state index contributed by atoms with van der Waals surface area (Å²) in [4.78, 5) is 3.99. The van der Waals surface area contributed by atoms with E-state index in [9.17, 15) is 0 Å². The van der Waals surface area contributed by atoms with Crippen LogP contribution in [0.4, 0.5) is 0 Å². The summed E-state index contributed by atoms with van der Waals surface area (Å²) in [7, 11) is 0. The predicted octanol–water partition coefficient (Wildman–Crippen LogP) is 1.92. The molecule has 0 bridgehead atoms. The standard InChI is InChI=1S/C10H13O3.W/c1-2-12-10-5-3-4-9(8-10)6-7-13-11;/h3-4,8,11H,2,6-7H2,1H3;/q-1;. The molecule has 0 atom stereocenters. The molecule has 1 N–H and O–H groups in total. The van der Waals surface area contributed by atoms with Gasteiger partial charge in [-0.2, -0.15) is 17.7 Å². The molecular weight excluding hydrogens is 352 g/mol. The van der Waals surface area contributed by atoms with E-state index >= 15 is 0 Å². The van der Waals surface area contributed by atoms with Gasteiger partial charge in [-0.15, -0.1) is 12.1 Å². The van der Waals surface area contributed by atoms with Gasteiger partial charge in [-0.1, -0.05) is 0 Å². The first kappa shape index (κ1) is 13.6. The van der Waals surface area contributed by atoms with Gasteiger partial charge in [0.25, 0.3) is 0 Å². The van der Waals surface area contributed by atoms with Gasteiger partial charge < -0.3 is 4.74 Å². The first-order valence-electron chi connectivity index (χ1n) is 4.26. The molecule has 0 heterocycles. The van der Waals surface area contributed by atoms with Crippen LogP contribution in [0, 0.1) is 6.07 Å². The molecule has 1 rings (SSSR count). The molecule has 3 nitrogen and oxygen atoms in total. The molecule has 0 saturated heterocycles. The number of hydrogen-bond donors (Lipinski definition) is 1. The second-order valence-electron chi connectivity index (χ2n) is 2.58. The molecule has 4 heteroatoms. The van der Waals surface area contributed by atoms with Gasteiger partial charge >= 0.3 is 0 Å². The maximum absolute atomic E-state index is 8.16. The third-order valence-corrected chi connectivity index (χ3v) is 1.62. The topological polar surface area (TPSA) is 38.7 Å². The number of rotatable bonds is 5. The molecule has 78 valence electrons. The Morgan fingerprint density at radius 3 is 2.93 bits per heavy atom. The Labute approximate surface area is 98.2 Å². The fourth-order valence-corrected chi connectivity index (χ4v) is 1.05. The van der Waals surface area contributed by atoms with Gasteiger partial charge in [0, 0.05) is 26.8 Å². The van der Waals surface area contributed by atoms with Crippen LogP contribution in [0.25, 0.3) is 0 Å². The quantitative estimate of drug-likeness (QED) is 0.493. The van der Waals surface area contributed by atoms with Gasteiger partial charge in [0.15, 0.2) is 0 Å². The zero-order valence-corrected chi connectivity index (χ0v) is 11.0. The third-order valence-electron chi connectivity index (χ3n) is 1.62. The number of hydrogen-bond acceptors (Lipinski definition) is 3. The molecule has 0 radical (unpaired) electrons. The van der Waals surface area contributed by atoms with Crippen molar-refractivity contribution in [3.63, 3.8) is 0 Å². The van der Waals surface area contributed by atoms with Crippen molar-refractivity contribution in [2.45, 2.75) is 13.3 Å². The molecule has 0 spiro atoms. The Morgan fingerprint density at radius 2 is 2.29 bits per heavy atom. The summed E-state index contributed by atoms with van der Waals surface area (Å²) in [6.07, 6.45) is 0.672. The van der Waals surface area contributed by atoms with Gasteiger partial charge in [-0.3, -0.25) is 5.26 Å². The van der Waals surface area contributed by atoms with Crippen molar-refractivity contribution >= 4 is 0 Å². The van der Waals surface area contributed by atoms with Crippen LogP contribution < -0.4 is 4.74 Å². The van der Waals surface area contributed by atoms with Crippen molar-refractivity contribution in [3.05, 3.63) is 29.8 Å². The van der Waals surface area contributed by atoms with E-state index in [2.05, 4.69) is 11.0 Å². The van der Waals surface area contributed by atoms with E-state index < -0.39 is 0 Å². The van der Waals surface area contributed by atoms with Gasteiger partial charge in [-0.05, 0) is 13.3 Å². The maximum atomic E-state index is 8.16.